The number of hydrogen-bond acceptors (Lipinski definition) is 6. The highest BCUT2D eigenvalue weighted by molar-refractivity contribution is 7.13. The number of rotatable bonds is 5. The molecule has 0 bridgehead atoms. The second-order valence-corrected chi connectivity index (χ2v) is 6.77. The summed E-state index contributed by atoms with van der Waals surface area (Å²) in [6, 6.07) is 8.20. The first kappa shape index (κ1) is 16.7. The van der Waals surface area contributed by atoms with E-state index in [1.807, 2.05) is 17.5 Å². The van der Waals surface area contributed by atoms with Gasteiger partial charge in [-0.3, -0.25) is 4.79 Å². The van der Waals surface area contributed by atoms with E-state index in [9.17, 15) is 9.90 Å². The van der Waals surface area contributed by atoms with Crippen LogP contribution < -0.4 is 15.5 Å². The van der Waals surface area contributed by atoms with Gasteiger partial charge >= 0.3 is 0 Å². The molecule has 2 heterocycles. The number of thiazole rings is 1. The van der Waals surface area contributed by atoms with Crippen LogP contribution in [0.4, 0.5) is 16.5 Å². The Morgan fingerprint density at radius 1 is 1.38 bits per heavy atom. The van der Waals surface area contributed by atoms with E-state index in [1.165, 1.54) is 18.3 Å². The van der Waals surface area contributed by atoms with Crippen molar-refractivity contribution in [3.05, 3.63) is 35.3 Å². The molecule has 3 N–H and O–H groups in total. The van der Waals surface area contributed by atoms with Gasteiger partial charge in [0, 0.05) is 25.4 Å². The van der Waals surface area contributed by atoms with Crippen LogP contribution in [0, 0.1) is 0 Å². The van der Waals surface area contributed by atoms with Crippen LogP contribution in [0.5, 0.6) is 0 Å². The molecule has 1 amide bonds. The SMILES string of the molecule is CC(=O)Nc1nc(CNc2ccccc2N2CCC(O)CC2)cs1. The Hall–Kier alpha value is -2.12. The molecule has 0 atom stereocenters. The molecule has 1 aliphatic heterocycles. The molecule has 0 radical (unpaired) electrons. The number of aliphatic hydroxyl groups excluding tert-OH is 1. The lowest BCUT2D eigenvalue weighted by Gasteiger charge is -2.32. The summed E-state index contributed by atoms with van der Waals surface area (Å²) in [5, 5.41) is 18.4. The van der Waals surface area contributed by atoms with Gasteiger partial charge in [0.1, 0.15) is 0 Å². The maximum absolute atomic E-state index is 11.1. The third-order valence-electron chi connectivity index (χ3n) is 4.00. The minimum Gasteiger partial charge on any atom is -0.393 e. The molecule has 1 aromatic carbocycles. The lowest BCUT2D eigenvalue weighted by Crippen LogP contribution is -2.36. The highest BCUT2D eigenvalue weighted by atomic mass is 32.1. The van der Waals surface area contributed by atoms with Crippen molar-refractivity contribution in [3.8, 4) is 0 Å². The molecule has 1 aliphatic rings. The number of carbonyl (C=O) groups is 1. The van der Waals surface area contributed by atoms with Crippen LogP contribution >= 0.6 is 11.3 Å². The summed E-state index contributed by atoms with van der Waals surface area (Å²) < 4.78 is 0. The van der Waals surface area contributed by atoms with Crippen LogP contribution in [0.1, 0.15) is 25.5 Å². The minimum absolute atomic E-state index is 0.110. The fraction of sp³-hybridized carbons (Fsp3) is 0.412. The van der Waals surface area contributed by atoms with Crippen molar-refractivity contribution in [3.63, 3.8) is 0 Å². The predicted octanol–water partition coefficient (Wildman–Crippen LogP) is 2.67. The summed E-state index contributed by atoms with van der Waals surface area (Å²) >= 11 is 1.42. The van der Waals surface area contributed by atoms with Crippen molar-refractivity contribution in [2.24, 2.45) is 0 Å². The maximum atomic E-state index is 11.1. The van der Waals surface area contributed by atoms with E-state index in [4.69, 9.17) is 0 Å². The highest BCUT2D eigenvalue weighted by Crippen LogP contribution is 2.29. The largest absolute Gasteiger partial charge is 0.393 e. The third-order valence-corrected chi connectivity index (χ3v) is 4.81. The van der Waals surface area contributed by atoms with Gasteiger partial charge in [-0.25, -0.2) is 4.98 Å². The molecule has 0 spiro atoms. The van der Waals surface area contributed by atoms with E-state index < -0.39 is 0 Å². The molecular formula is C17H22N4O2S. The van der Waals surface area contributed by atoms with Crippen LogP contribution in [-0.2, 0) is 11.3 Å². The molecule has 1 saturated heterocycles. The number of carbonyl (C=O) groups excluding carboxylic acids is 1. The number of para-hydroxylation sites is 2. The lowest BCUT2D eigenvalue weighted by atomic mass is 10.1. The highest BCUT2D eigenvalue weighted by Gasteiger charge is 2.19. The van der Waals surface area contributed by atoms with E-state index in [0.717, 1.165) is 43.0 Å². The van der Waals surface area contributed by atoms with Gasteiger partial charge in [0.05, 0.1) is 29.7 Å². The second kappa shape index (κ2) is 7.63. The number of nitrogens with one attached hydrogen (secondary N) is 2. The molecule has 6 nitrogen and oxygen atoms in total. The fourth-order valence-corrected chi connectivity index (χ4v) is 3.54. The number of nitrogens with zero attached hydrogens (tertiary/aromatic N) is 2. The van der Waals surface area contributed by atoms with E-state index in [2.05, 4.69) is 32.7 Å². The Morgan fingerprint density at radius 3 is 2.88 bits per heavy atom. The van der Waals surface area contributed by atoms with Gasteiger partial charge in [-0.05, 0) is 25.0 Å². The zero-order chi connectivity index (χ0) is 16.9. The fourth-order valence-electron chi connectivity index (χ4n) is 2.79. The normalized spacial score (nSPS) is 15.3. The van der Waals surface area contributed by atoms with Gasteiger partial charge in [-0.2, -0.15) is 0 Å². The Labute approximate surface area is 145 Å². The molecule has 1 aromatic heterocycles. The Balaban J connectivity index is 1.65. The maximum Gasteiger partial charge on any atom is 0.223 e. The summed E-state index contributed by atoms with van der Waals surface area (Å²) in [5.74, 6) is -0.110. The average molecular weight is 346 g/mol. The summed E-state index contributed by atoms with van der Waals surface area (Å²) in [6.07, 6.45) is 1.43. The Bertz CT molecular complexity index is 695. The van der Waals surface area contributed by atoms with E-state index in [-0.39, 0.29) is 12.0 Å². The number of hydrogen-bond donors (Lipinski definition) is 3. The van der Waals surface area contributed by atoms with Gasteiger partial charge in [-0.1, -0.05) is 12.1 Å². The quantitative estimate of drug-likeness (QED) is 0.776. The number of piperidine rings is 1. The van der Waals surface area contributed by atoms with E-state index in [1.54, 1.807) is 0 Å². The van der Waals surface area contributed by atoms with Gasteiger partial charge in [-0.15, -0.1) is 11.3 Å². The molecule has 0 saturated carbocycles. The van der Waals surface area contributed by atoms with Crippen molar-refractivity contribution in [1.29, 1.82) is 0 Å². The molecule has 0 unspecified atom stereocenters. The standard InChI is InChI=1S/C17H22N4O2S/c1-12(22)19-17-20-13(11-24-17)10-18-15-4-2-3-5-16(15)21-8-6-14(23)7-9-21/h2-5,11,14,18,23H,6-10H2,1H3,(H,19,20,22). The van der Waals surface area contributed by atoms with Crippen molar-refractivity contribution in [2.75, 3.05) is 28.6 Å². The summed E-state index contributed by atoms with van der Waals surface area (Å²) in [7, 11) is 0. The summed E-state index contributed by atoms with van der Waals surface area (Å²) in [6.45, 7) is 3.81. The number of aromatic nitrogens is 1. The summed E-state index contributed by atoms with van der Waals surface area (Å²) in [4.78, 5) is 17.8. The third kappa shape index (κ3) is 4.24. The minimum atomic E-state index is -0.177. The molecule has 128 valence electrons. The lowest BCUT2D eigenvalue weighted by molar-refractivity contribution is -0.114. The van der Waals surface area contributed by atoms with Gasteiger partial charge in [0.2, 0.25) is 5.91 Å². The summed E-state index contributed by atoms with van der Waals surface area (Å²) in [5.41, 5.74) is 3.11. The first-order valence-corrected chi connectivity index (χ1v) is 8.97. The van der Waals surface area contributed by atoms with E-state index >= 15 is 0 Å². The van der Waals surface area contributed by atoms with Crippen LogP contribution in [-0.4, -0.2) is 35.2 Å². The smallest absolute Gasteiger partial charge is 0.223 e. The number of anilines is 3. The van der Waals surface area contributed by atoms with Crippen LogP contribution in [0.25, 0.3) is 0 Å². The molecule has 1 fully saturated rings. The zero-order valence-corrected chi connectivity index (χ0v) is 14.5. The molecule has 24 heavy (non-hydrogen) atoms. The van der Waals surface area contributed by atoms with Gasteiger partial charge < -0.3 is 20.6 Å². The second-order valence-electron chi connectivity index (χ2n) is 5.91. The number of amides is 1. The van der Waals surface area contributed by atoms with Crippen LogP contribution in [0.2, 0.25) is 0 Å². The molecule has 3 rings (SSSR count). The molecule has 2 aromatic rings. The van der Waals surface area contributed by atoms with Gasteiger partial charge in [0.25, 0.3) is 0 Å². The monoisotopic (exact) mass is 346 g/mol. The first-order chi connectivity index (χ1) is 11.6. The molecular weight excluding hydrogens is 324 g/mol. The Kier molecular flexibility index (Phi) is 5.32. The van der Waals surface area contributed by atoms with Crippen molar-refractivity contribution >= 4 is 33.8 Å². The molecule has 0 aliphatic carbocycles. The van der Waals surface area contributed by atoms with Crippen molar-refractivity contribution < 1.29 is 9.90 Å². The van der Waals surface area contributed by atoms with Crippen LogP contribution in [0.3, 0.4) is 0 Å². The number of aliphatic hydroxyl groups is 1. The average Bonchev–Trinajstić information content (AvgIpc) is 3.01. The van der Waals surface area contributed by atoms with Gasteiger partial charge in [0.15, 0.2) is 5.13 Å². The predicted molar refractivity (Wildman–Crippen MR) is 97.6 cm³/mol. The van der Waals surface area contributed by atoms with E-state index in [0.29, 0.717) is 11.7 Å². The van der Waals surface area contributed by atoms with Crippen molar-refractivity contribution in [1.82, 2.24) is 4.98 Å². The molecule has 7 heteroatoms. The zero-order valence-electron chi connectivity index (χ0n) is 13.7. The van der Waals surface area contributed by atoms with Crippen molar-refractivity contribution in [2.45, 2.75) is 32.4 Å². The number of benzene rings is 1. The topological polar surface area (TPSA) is 77.5 Å². The van der Waals surface area contributed by atoms with Crippen LogP contribution in [0.15, 0.2) is 29.6 Å². The Morgan fingerprint density at radius 2 is 2.12 bits per heavy atom. The first-order valence-electron chi connectivity index (χ1n) is 8.10.